The predicted octanol–water partition coefficient (Wildman–Crippen LogP) is 4.63. The first-order valence-electron chi connectivity index (χ1n) is 7.90. The number of hydrogen-bond acceptors (Lipinski definition) is 3. The third-order valence-corrected chi connectivity index (χ3v) is 4.97. The van der Waals surface area contributed by atoms with Crippen LogP contribution in [0.25, 0.3) is 16.5 Å². The van der Waals surface area contributed by atoms with Gasteiger partial charge in [-0.3, -0.25) is 9.36 Å². The van der Waals surface area contributed by atoms with Crippen molar-refractivity contribution in [2.45, 2.75) is 31.8 Å². The molecule has 3 rings (SSSR count). The number of aromatic nitrogens is 2. The number of nitrogens with zero attached hydrogens (tertiary/aromatic N) is 2. The zero-order valence-corrected chi connectivity index (χ0v) is 14.8. The van der Waals surface area contributed by atoms with Crippen LogP contribution in [-0.4, -0.2) is 26.4 Å². The normalized spacial score (nSPS) is 11.3. The van der Waals surface area contributed by atoms with Gasteiger partial charge < -0.3 is 5.11 Å². The van der Waals surface area contributed by atoms with Crippen molar-refractivity contribution in [1.29, 1.82) is 0 Å². The average Bonchev–Trinajstić information content (AvgIpc) is 2.92. The number of carboxylic acids is 1. The molecule has 3 aromatic rings. The molecule has 124 valence electrons. The van der Waals surface area contributed by atoms with Gasteiger partial charge in [-0.15, -0.1) is 0 Å². The summed E-state index contributed by atoms with van der Waals surface area (Å²) in [4.78, 5) is 15.3. The number of thioether (sulfide) groups is 1. The minimum Gasteiger partial charge on any atom is -0.481 e. The molecule has 0 saturated carbocycles. The van der Waals surface area contributed by atoms with E-state index in [1.165, 1.54) is 22.7 Å². The van der Waals surface area contributed by atoms with Crippen LogP contribution in [-0.2, 0) is 4.79 Å². The standard InChI is InChI=1S/C19H20N2O2S/c1-12(2)14-8-9-17(16-7-5-4-6-15(14)16)21-13(3)10-20-19(21)24-11-18(22)23/h4-10,12H,11H2,1-3H3,(H,22,23). The first kappa shape index (κ1) is 16.6. The van der Waals surface area contributed by atoms with Gasteiger partial charge in [0.25, 0.3) is 0 Å². The van der Waals surface area contributed by atoms with E-state index in [0.29, 0.717) is 11.1 Å². The maximum Gasteiger partial charge on any atom is 0.313 e. The van der Waals surface area contributed by atoms with Gasteiger partial charge in [0, 0.05) is 17.3 Å². The Balaban J connectivity index is 2.19. The number of aliphatic carboxylic acids is 1. The van der Waals surface area contributed by atoms with E-state index in [2.05, 4.69) is 49.2 Å². The number of aryl methyl sites for hydroxylation is 1. The summed E-state index contributed by atoms with van der Waals surface area (Å²) in [6.07, 6.45) is 1.79. The van der Waals surface area contributed by atoms with E-state index in [4.69, 9.17) is 5.11 Å². The molecule has 0 radical (unpaired) electrons. The van der Waals surface area contributed by atoms with Crippen molar-refractivity contribution < 1.29 is 9.90 Å². The Morgan fingerprint density at radius 2 is 1.92 bits per heavy atom. The number of imidazole rings is 1. The van der Waals surface area contributed by atoms with E-state index in [0.717, 1.165) is 16.8 Å². The molecule has 0 saturated heterocycles. The van der Waals surface area contributed by atoms with Crippen LogP contribution >= 0.6 is 11.8 Å². The molecule has 24 heavy (non-hydrogen) atoms. The molecule has 0 unspecified atom stereocenters. The summed E-state index contributed by atoms with van der Waals surface area (Å²) in [6.45, 7) is 6.37. The quantitative estimate of drug-likeness (QED) is 0.688. The number of fused-ring (bicyclic) bond motifs is 1. The Morgan fingerprint density at radius 3 is 2.58 bits per heavy atom. The van der Waals surface area contributed by atoms with Gasteiger partial charge in [-0.25, -0.2) is 4.98 Å². The minimum atomic E-state index is -0.841. The van der Waals surface area contributed by atoms with Gasteiger partial charge in [-0.05, 0) is 29.9 Å². The zero-order chi connectivity index (χ0) is 17.3. The van der Waals surface area contributed by atoms with Crippen molar-refractivity contribution >= 4 is 28.5 Å². The molecule has 1 N–H and O–H groups in total. The monoisotopic (exact) mass is 340 g/mol. The Labute approximate surface area is 145 Å². The second-order valence-electron chi connectivity index (χ2n) is 6.07. The second-order valence-corrected chi connectivity index (χ2v) is 7.02. The minimum absolute atomic E-state index is 0.00152. The van der Waals surface area contributed by atoms with Crippen LogP contribution in [0.4, 0.5) is 0 Å². The van der Waals surface area contributed by atoms with E-state index in [1.54, 1.807) is 6.20 Å². The molecule has 0 aliphatic carbocycles. The molecular formula is C19H20N2O2S. The average molecular weight is 340 g/mol. The summed E-state index contributed by atoms with van der Waals surface area (Å²) in [5.74, 6) is -0.403. The molecule has 0 aliphatic heterocycles. The maximum absolute atomic E-state index is 10.9. The summed E-state index contributed by atoms with van der Waals surface area (Å²) >= 11 is 1.24. The molecule has 1 heterocycles. The highest BCUT2D eigenvalue weighted by atomic mass is 32.2. The lowest BCUT2D eigenvalue weighted by Crippen LogP contribution is -2.04. The molecule has 0 atom stereocenters. The molecule has 0 amide bonds. The lowest BCUT2D eigenvalue weighted by atomic mass is 9.95. The van der Waals surface area contributed by atoms with E-state index in [-0.39, 0.29) is 5.75 Å². The molecule has 0 aliphatic rings. The van der Waals surface area contributed by atoms with Crippen molar-refractivity contribution in [1.82, 2.24) is 9.55 Å². The fourth-order valence-corrected chi connectivity index (χ4v) is 3.69. The molecular weight excluding hydrogens is 320 g/mol. The van der Waals surface area contributed by atoms with E-state index < -0.39 is 5.97 Å². The van der Waals surface area contributed by atoms with Gasteiger partial charge in [0.1, 0.15) is 0 Å². The summed E-state index contributed by atoms with van der Waals surface area (Å²) in [6, 6.07) is 12.6. The van der Waals surface area contributed by atoms with Crippen molar-refractivity contribution in [3.63, 3.8) is 0 Å². The van der Waals surface area contributed by atoms with Crippen LogP contribution in [0, 0.1) is 6.92 Å². The smallest absolute Gasteiger partial charge is 0.313 e. The zero-order valence-electron chi connectivity index (χ0n) is 14.0. The van der Waals surface area contributed by atoms with Crippen LogP contribution in [0.15, 0.2) is 47.8 Å². The van der Waals surface area contributed by atoms with Gasteiger partial charge >= 0.3 is 5.97 Å². The maximum atomic E-state index is 10.9. The topological polar surface area (TPSA) is 55.1 Å². The summed E-state index contributed by atoms with van der Waals surface area (Å²) in [7, 11) is 0. The SMILES string of the molecule is Cc1cnc(SCC(=O)O)n1-c1ccc(C(C)C)c2ccccc12. The van der Waals surface area contributed by atoms with Crippen molar-refractivity contribution in [3.05, 3.63) is 53.9 Å². The molecule has 4 nitrogen and oxygen atoms in total. The number of carbonyl (C=O) groups is 1. The third-order valence-electron chi connectivity index (χ3n) is 4.03. The molecule has 0 bridgehead atoms. The lowest BCUT2D eigenvalue weighted by Gasteiger charge is -2.16. The number of carboxylic acid groups (broad SMARTS) is 1. The fourth-order valence-electron chi connectivity index (χ4n) is 2.94. The van der Waals surface area contributed by atoms with Gasteiger partial charge in [0.05, 0.1) is 11.4 Å². The Kier molecular flexibility index (Phi) is 4.62. The highest BCUT2D eigenvalue weighted by Crippen LogP contribution is 2.32. The van der Waals surface area contributed by atoms with Crippen LogP contribution in [0.3, 0.4) is 0 Å². The van der Waals surface area contributed by atoms with Gasteiger partial charge in [0.2, 0.25) is 0 Å². The Morgan fingerprint density at radius 1 is 1.21 bits per heavy atom. The first-order chi connectivity index (χ1) is 11.5. The summed E-state index contributed by atoms with van der Waals surface area (Å²) < 4.78 is 2.04. The fraction of sp³-hybridized carbons (Fsp3) is 0.263. The van der Waals surface area contributed by atoms with E-state index >= 15 is 0 Å². The molecule has 0 fully saturated rings. The highest BCUT2D eigenvalue weighted by molar-refractivity contribution is 7.99. The largest absolute Gasteiger partial charge is 0.481 e. The Hall–Kier alpha value is -2.27. The van der Waals surface area contributed by atoms with Crippen molar-refractivity contribution in [2.24, 2.45) is 0 Å². The molecule has 0 spiro atoms. The highest BCUT2D eigenvalue weighted by Gasteiger charge is 2.15. The number of rotatable bonds is 5. The Bertz CT molecular complexity index is 900. The molecule has 2 aromatic carbocycles. The molecule has 5 heteroatoms. The van der Waals surface area contributed by atoms with Crippen molar-refractivity contribution in [3.8, 4) is 5.69 Å². The van der Waals surface area contributed by atoms with Crippen LogP contribution in [0.2, 0.25) is 0 Å². The van der Waals surface area contributed by atoms with Crippen LogP contribution in [0.1, 0.15) is 31.0 Å². The number of hydrogen-bond donors (Lipinski definition) is 1. The third kappa shape index (κ3) is 3.04. The van der Waals surface area contributed by atoms with Gasteiger partial charge in [-0.2, -0.15) is 0 Å². The summed E-state index contributed by atoms with van der Waals surface area (Å²) in [5.41, 5.74) is 3.34. The van der Waals surface area contributed by atoms with Gasteiger partial charge in [0.15, 0.2) is 5.16 Å². The van der Waals surface area contributed by atoms with E-state index in [1.807, 2.05) is 17.6 Å². The number of benzene rings is 2. The van der Waals surface area contributed by atoms with Crippen LogP contribution < -0.4 is 0 Å². The summed E-state index contributed by atoms with van der Waals surface area (Å²) in [5, 5.41) is 12.0. The van der Waals surface area contributed by atoms with Crippen molar-refractivity contribution in [2.75, 3.05) is 5.75 Å². The van der Waals surface area contributed by atoms with E-state index in [9.17, 15) is 4.79 Å². The second kappa shape index (κ2) is 6.69. The molecule has 1 aromatic heterocycles. The van der Waals surface area contributed by atoms with Crippen LogP contribution in [0.5, 0.6) is 0 Å². The predicted molar refractivity (Wildman–Crippen MR) is 98.3 cm³/mol. The first-order valence-corrected chi connectivity index (χ1v) is 8.88. The van der Waals surface area contributed by atoms with Gasteiger partial charge in [-0.1, -0.05) is 55.9 Å². The lowest BCUT2D eigenvalue weighted by molar-refractivity contribution is -0.133.